The number of aryl methyl sites for hydroxylation is 3. The van der Waals surface area contributed by atoms with Gasteiger partial charge in [-0.1, -0.05) is 0 Å². The van der Waals surface area contributed by atoms with Gasteiger partial charge in [0.15, 0.2) is 0 Å². The number of fused-ring (bicyclic) bond motifs is 1. The third-order valence-electron chi connectivity index (χ3n) is 3.16. The van der Waals surface area contributed by atoms with Crippen molar-refractivity contribution in [3.8, 4) is 6.07 Å². The van der Waals surface area contributed by atoms with E-state index in [0.717, 1.165) is 28.2 Å². The van der Waals surface area contributed by atoms with Gasteiger partial charge in [0.1, 0.15) is 0 Å². The summed E-state index contributed by atoms with van der Waals surface area (Å²) >= 11 is 1.65. The third-order valence-corrected chi connectivity index (χ3v) is 3.99. The van der Waals surface area contributed by atoms with Crippen molar-refractivity contribution in [3.63, 3.8) is 0 Å². The highest BCUT2D eigenvalue weighted by Gasteiger charge is 2.09. The monoisotopic (exact) mass is 283 g/mol. The van der Waals surface area contributed by atoms with Crippen LogP contribution in [0.1, 0.15) is 16.3 Å². The first-order valence-electron chi connectivity index (χ1n) is 6.24. The average molecular weight is 283 g/mol. The van der Waals surface area contributed by atoms with Gasteiger partial charge in [0, 0.05) is 18.3 Å². The van der Waals surface area contributed by atoms with Crippen LogP contribution in [0.4, 0.5) is 5.95 Å². The van der Waals surface area contributed by atoms with Gasteiger partial charge in [-0.3, -0.25) is 0 Å². The summed E-state index contributed by atoms with van der Waals surface area (Å²) in [5.41, 5.74) is 9.35. The van der Waals surface area contributed by atoms with Crippen LogP contribution in [0.25, 0.3) is 11.0 Å². The fourth-order valence-corrected chi connectivity index (χ4v) is 2.84. The predicted octanol–water partition coefficient (Wildman–Crippen LogP) is 2.50. The van der Waals surface area contributed by atoms with Gasteiger partial charge in [0.05, 0.1) is 33.4 Å². The van der Waals surface area contributed by atoms with E-state index < -0.39 is 0 Å². The van der Waals surface area contributed by atoms with E-state index in [0.29, 0.717) is 18.1 Å². The Kier molecular flexibility index (Phi) is 3.12. The molecule has 0 fully saturated rings. The molecule has 0 radical (unpaired) electrons. The van der Waals surface area contributed by atoms with Gasteiger partial charge in [0.2, 0.25) is 5.95 Å². The van der Waals surface area contributed by atoms with Gasteiger partial charge < -0.3 is 10.3 Å². The lowest BCUT2D eigenvalue weighted by molar-refractivity contribution is 0.715. The van der Waals surface area contributed by atoms with Crippen LogP contribution in [0.15, 0.2) is 23.6 Å². The fourth-order valence-electron chi connectivity index (χ4n) is 2.20. The van der Waals surface area contributed by atoms with Crippen LogP contribution in [-0.4, -0.2) is 14.5 Å². The van der Waals surface area contributed by atoms with Gasteiger partial charge in [-0.15, -0.1) is 11.3 Å². The lowest BCUT2D eigenvalue weighted by atomic mass is 10.2. The van der Waals surface area contributed by atoms with E-state index in [1.165, 1.54) is 0 Å². The molecule has 2 N–H and O–H groups in total. The molecule has 100 valence electrons. The smallest absolute Gasteiger partial charge is 0.201 e. The Bertz CT molecular complexity index is 809. The van der Waals surface area contributed by atoms with Crippen molar-refractivity contribution in [1.29, 1.82) is 5.26 Å². The maximum absolute atomic E-state index is 8.99. The van der Waals surface area contributed by atoms with Crippen molar-refractivity contribution in [1.82, 2.24) is 14.5 Å². The highest BCUT2D eigenvalue weighted by atomic mass is 32.1. The predicted molar refractivity (Wildman–Crippen MR) is 79.4 cm³/mol. The number of hydrogen-bond donors (Lipinski definition) is 1. The van der Waals surface area contributed by atoms with Gasteiger partial charge in [-0.05, 0) is 25.1 Å². The largest absolute Gasteiger partial charge is 0.369 e. The lowest BCUT2D eigenvalue weighted by Crippen LogP contribution is -2.06. The summed E-state index contributed by atoms with van der Waals surface area (Å²) in [6.45, 7) is 2.70. The van der Waals surface area contributed by atoms with Gasteiger partial charge >= 0.3 is 0 Å². The Morgan fingerprint density at radius 2 is 2.25 bits per heavy atom. The summed E-state index contributed by atoms with van der Waals surface area (Å²) in [4.78, 5) is 8.76. The average Bonchev–Trinajstić information content (AvgIpc) is 2.98. The topological polar surface area (TPSA) is 80.5 Å². The molecule has 0 saturated heterocycles. The fraction of sp³-hybridized carbons (Fsp3) is 0.214. The molecule has 6 heteroatoms. The minimum atomic E-state index is 0.474. The van der Waals surface area contributed by atoms with E-state index in [1.807, 2.05) is 23.6 Å². The molecule has 0 bridgehead atoms. The molecular formula is C14H13N5S. The minimum Gasteiger partial charge on any atom is -0.369 e. The van der Waals surface area contributed by atoms with Crippen molar-refractivity contribution in [2.24, 2.45) is 0 Å². The second-order valence-corrected chi connectivity index (χ2v) is 5.61. The van der Waals surface area contributed by atoms with Crippen LogP contribution in [0.2, 0.25) is 0 Å². The van der Waals surface area contributed by atoms with Crippen LogP contribution in [-0.2, 0) is 13.0 Å². The van der Waals surface area contributed by atoms with Crippen LogP contribution in [0.5, 0.6) is 0 Å². The molecule has 0 aliphatic heterocycles. The molecule has 20 heavy (non-hydrogen) atoms. The Balaban J connectivity index is 1.94. The summed E-state index contributed by atoms with van der Waals surface area (Å²) in [5, 5.41) is 12.1. The van der Waals surface area contributed by atoms with Crippen molar-refractivity contribution in [2.45, 2.75) is 19.9 Å². The number of anilines is 1. The molecule has 0 saturated carbocycles. The van der Waals surface area contributed by atoms with Gasteiger partial charge in [-0.2, -0.15) is 5.26 Å². The normalized spacial score (nSPS) is 10.8. The van der Waals surface area contributed by atoms with E-state index in [4.69, 9.17) is 11.0 Å². The molecule has 0 spiro atoms. The summed E-state index contributed by atoms with van der Waals surface area (Å²) in [6, 6.07) is 7.54. The molecule has 3 aromatic rings. The lowest BCUT2D eigenvalue weighted by Gasteiger charge is -2.05. The van der Waals surface area contributed by atoms with Gasteiger partial charge in [0.25, 0.3) is 0 Å². The highest BCUT2D eigenvalue weighted by molar-refractivity contribution is 7.09. The molecule has 2 heterocycles. The number of nitrogen functional groups attached to an aromatic ring is 1. The van der Waals surface area contributed by atoms with E-state index in [9.17, 15) is 0 Å². The first-order valence-corrected chi connectivity index (χ1v) is 7.12. The van der Waals surface area contributed by atoms with E-state index >= 15 is 0 Å². The Hall–Kier alpha value is -2.39. The van der Waals surface area contributed by atoms with Gasteiger partial charge in [-0.25, -0.2) is 9.97 Å². The molecule has 0 unspecified atom stereocenters. The Morgan fingerprint density at radius 3 is 2.95 bits per heavy atom. The van der Waals surface area contributed by atoms with E-state index in [1.54, 1.807) is 17.4 Å². The molecule has 0 aliphatic rings. The first kappa shape index (κ1) is 12.6. The summed E-state index contributed by atoms with van der Waals surface area (Å²) < 4.78 is 1.94. The summed E-state index contributed by atoms with van der Waals surface area (Å²) in [7, 11) is 0. The molecular weight excluding hydrogens is 270 g/mol. The first-order chi connectivity index (χ1) is 9.67. The number of hydrogen-bond acceptors (Lipinski definition) is 5. The molecule has 2 aromatic heterocycles. The number of aromatic nitrogens is 3. The maximum atomic E-state index is 8.99. The van der Waals surface area contributed by atoms with E-state index in [-0.39, 0.29) is 0 Å². The number of nitriles is 1. The zero-order valence-corrected chi connectivity index (χ0v) is 11.8. The number of imidazole rings is 1. The number of rotatable bonds is 3. The maximum Gasteiger partial charge on any atom is 0.201 e. The van der Waals surface area contributed by atoms with Crippen molar-refractivity contribution in [3.05, 3.63) is 39.8 Å². The number of thiazole rings is 1. The molecule has 0 amide bonds. The summed E-state index contributed by atoms with van der Waals surface area (Å²) in [6.07, 6.45) is 0.802. The van der Waals surface area contributed by atoms with Crippen LogP contribution in [0.3, 0.4) is 0 Å². The second-order valence-electron chi connectivity index (χ2n) is 4.54. The summed E-state index contributed by atoms with van der Waals surface area (Å²) in [5.74, 6) is 0.474. The minimum absolute atomic E-state index is 0.474. The second kappa shape index (κ2) is 4.94. The van der Waals surface area contributed by atoms with E-state index in [2.05, 4.69) is 21.4 Å². The standard InChI is InChI=1S/C14H13N5S/c1-9-17-11(8-20-9)4-5-19-13-6-10(7-15)2-3-12(13)18-14(19)16/h2-3,6,8H,4-5H2,1H3,(H2,16,18). The third kappa shape index (κ3) is 2.24. The molecule has 0 aliphatic carbocycles. The number of nitrogens with zero attached hydrogens (tertiary/aromatic N) is 4. The van der Waals surface area contributed by atoms with Crippen molar-refractivity contribution in [2.75, 3.05) is 5.73 Å². The highest BCUT2D eigenvalue weighted by Crippen LogP contribution is 2.20. The van der Waals surface area contributed by atoms with Crippen LogP contribution in [0, 0.1) is 18.3 Å². The number of benzene rings is 1. The Labute approximate surface area is 120 Å². The number of nitrogens with two attached hydrogens (primary N) is 1. The Morgan fingerprint density at radius 1 is 1.40 bits per heavy atom. The van der Waals surface area contributed by atoms with Crippen molar-refractivity contribution >= 4 is 28.3 Å². The van der Waals surface area contributed by atoms with Crippen LogP contribution < -0.4 is 5.73 Å². The SMILES string of the molecule is Cc1nc(CCn2c(N)nc3ccc(C#N)cc32)cs1. The molecule has 5 nitrogen and oxygen atoms in total. The molecule has 3 rings (SSSR count). The molecule has 1 aromatic carbocycles. The quantitative estimate of drug-likeness (QED) is 0.800. The van der Waals surface area contributed by atoms with Crippen molar-refractivity contribution < 1.29 is 0 Å². The zero-order valence-electron chi connectivity index (χ0n) is 11.0. The zero-order chi connectivity index (χ0) is 14.1. The van der Waals surface area contributed by atoms with Crippen LogP contribution >= 0.6 is 11.3 Å². The molecule has 0 atom stereocenters.